The van der Waals surface area contributed by atoms with Crippen LogP contribution in [-0.2, 0) is 4.79 Å². The molecule has 0 fully saturated rings. The number of anilines is 1. The van der Waals surface area contributed by atoms with Crippen molar-refractivity contribution in [1.29, 1.82) is 0 Å². The van der Waals surface area contributed by atoms with Crippen LogP contribution in [0.2, 0.25) is 5.02 Å². The molecule has 5 nitrogen and oxygen atoms in total. The molecule has 0 aliphatic carbocycles. The van der Waals surface area contributed by atoms with Gasteiger partial charge in [0.05, 0.1) is 11.3 Å². The molecular weight excluding hydrogens is 421 g/mol. The van der Waals surface area contributed by atoms with E-state index in [0.717, 1.165) is 3.57 Å². The molecule has 0 spiro atoms. The molecule has 1 amide bonds. The second kappa shape index (κ2) is 7.46. The summed E-state index contributed by atoms with van der Waals surface area (Å²) in [4.78, 5) is 23.0. The quantitative estimate of drug-likeness (QED) is 0.709. The number of ether oxygens (including phenoxy) is 1. The molecule has 2 N–H and O–H groups in total. The molecule has 0 radical (unpaired) electrons. The molecule has 0 aliphatic rings. The summed E-state index contributed by atoms with van der Waals surface area (Å²) in [6, 6.07) is 11.4. The third-order valence-electron chi connectivity index (χ3n) is 2.67. The van der Waals surface area contributed by atoms with Gasteiger partial charge in [-0.1, -0.05) is 11.6 Å². The number of aromatic carboxylic acids is 1. The summed E-state index contributed by atoms with van der Waals surface area (Å²) < 4.78 is 6.38. The average molecular weight is 432 g/mol. The zero-order chi connectivity index (χ0) is 16.1. The van der Waals surface area contributed by atoms with Crippen molar-refractivity contribution in [2.75, 3.05) is 11.9 Å². The maximum atomic E-state index is 11.9. The Labute approximate surface area is 145 Å². The molecule has 22 heavy (non-hydrogen) atoms. The number of carboxylic acid groups (broad SMARTS) is 1. The third kappa shape index (κ3) is 4.60. The smallest absolute Gasteiger partial charge is 0.337 e. The lowest BCUT2D eigenvalue weighted by Gasteiger charge is -2.10. The minimum Gasteiger partial charge on any atom is -0.484 e. The largest absolute Gasteiger partial charge is 0.484 e. The zero-order valence-electron chi connectivity index (χ0n) is 11.2. The van der Waals surface area contributed by atoms with Crippen LogP contribution in [0.5, 0.6) is 5.75 Å². The van der Waals surface area contributed by atoms with Crippen LogP contribution < -0.4 is 10.1 Å². The highest BCUT2D eigenvalue weighted by molar-refractivity contribution is 14.1. The third-order valence-corrected chi connectivity index (χ3v) is 3.62. The van der Waals surface area contributed by atoms with Gasteiger partial charge < -0.3 is 15.2 Å². The van der Waals surface area contributed by atoms with Gasteiger partial charge in [0.15, 0.2) is 6.61 Å². The van der Waals surface area contributed by atoms with Gasteiger partial charge in [0.25, 0.3) is 5.91 Å². The molecule has 114 valence electrons. The Balaban J connectivity index is 2.01. The molecule has 7 heteroatoms. The summed E-state index contributed by atoms with van der Waals surface area (Å²) >= 11 is 7.98. The number of nitrogens with one attached hydrogen (secondary N) is 1. The minimum absolute atomic E-state index is 0.0352. The van der Waals surface area contributed by atoms with Gasteiger partial charge in [0.1, 0.15) is 5.75 Å². The number of carbonyl (C=O) groups excluding carboxylic acids is 1. The van der Waals surface area contributed by atoms with Crippen LogP contribution in [-0.4, -0.2) is 23.6 Å². The van der Waals surface area contributed by atoms with Crippen molar-refractivity contribution < 1.29 is 19.4 Å². The van der Waals surface area contributed by atoms with E-state index in [1.165, 1.54) is 18.2 Å². The number of benzene rings is 2. The van der Waals surface area contributed by atoms with E-state index in [1.54, 1.807) is 12.1 Å². The van der Waals surface area contributed by atoms with Crippen LogP contribution in [0.1, 0.15) is 10.4 Å². The first-order valence-electron chi connectivity index (χ1n) is 6.17. The fourth-order valence-electron chi connectivity index (χ4n) is 1.67. The van der Waals surface area contributed by atoms with Crippen molar-refractivity contribution >= 4 is 51.8 Å². The second-order valence-electron chi connectivity index (χ2n) is 4.29. The maximum absolute atomic E-state index is 11.9. The van der Waals surface area contributed by atoms with E-state index in [4.69, 9.17) is 21.4 Å². The number of rotatable bonds is 5. The highest BCUT2D eigenvalue weighted by atomic mass is 127. The van der Waals surface area contributed by atoms with Gasteiger partial charge in [0.2, 0.25) is 0 Å². The summed E-state index contributed by atoms with van der Waals surface area (Å²) in [5, 5.41) is 11.9. The summed E-state index contributed by atoms with van der Waals surface area (Å²) in [6.45, 7) is -0.230. The van der Waals surface area contributed by atoms with Gasteiger partial charge in [-0.15, -0.1) is 0 Å². The number of hydrogen-bond donors (Lipinski definition) is 2. The van der Waals surface area contributed by atoms with E-state index in [0.29, 0.717) is 10.8 Å². The van der Waals surface area contributed by atoms with Gasteiger partial charge in [-0.3, -0.25) is 4.79 Å². The lowest BCUT2D eigenvalue weighted by Crippen LogP contribution is -2.21. The number of halogens is 2. The van der Waals surface area contributed by atoms with E-state index >= 15 is 0 Å². The van der Waals surface area contributed by atoms with Gasteiger partial charge in [0, 0.05) is 8.59 Å². The Hall–Kier alpha value is -1.80. The van der Waals surface area contributed by atoms with Crippen molar-refractivity contribution in [1.82, 2.24) is 0 Å². The van der Waals surface area contributed by atoms with E-state index in [2.05, 4.69) is 27.9 Å². The first-order valence-corrected chi connectivity index (χ1v) is 7.62. The van der Waals surface area contributed by atoms with Gasteiger partial charge in [-0.05, 0) is 65.1 Å². The van der Waals surface area contributed by atoms with Crippen molar-refractivity contribution in [3.05, 3.63) is 56.6 Å². The molecule has 2 aromatic carbocycles. The van der Waals surface area contributed by atoms with Gasteiger partial charge in [-0.25, -0.2) is 4.79 Å². The second-order valence-corrected chi connectivity index (χ2v) is 5.97. The minimum atomic E-state index is -1.15. The molecule has 0 saturated carbocycles. The lowest BCUT2D eigenvalue weighted by atomic mass is 10.2. The van der Waals surface area contributed by atoms with Crippen LogP contribution in [0.15, 0.2) is 42.5 Å². The fourth-order valence-corrected chi connectivity index (χ4v) is 2.20. The van der Waals surface area contributed by atoms with E-state index in [1.807, 2.05) is 12.1 Å². The molecule has 0 atom stereocenters. The average Bonchev–Trinajstić information content (AvgIpc) is 2.46. The van der Waals surface area contributed by atoms with Crippen molar-refractivity contribution in [3.63, 3.8) is 0 Å². The molecule has 0 bridgehead atoms. The number of amides is 1. The Morgan fingerprint density at radius 3 is 2.50 bits per heavy atom. The fraction of sp³-hybridized carbons (Fsp3) is 0.0667. The number of carboxylic acids is 1. The van der Waals surface area contributed by atoms with Crippen molar-refractivity contribution in [2.24, 2.45) is 0 Å². The molecule has 2 aromatic rings. The summed E-state index contributed by atoms with van der Waals surface area (Å²) in [5.74, 6) is -1.06. The standard InChI is InChI=1S/C15H11ClINO4/c16-9-1-6-12(15(20)21)13(7-9)18-14(19)8-22-11-4-2-10(17)3-5-11/h1-7H,8H2,(H,18,19)(H,20,21). The highest BCUT2D eigenvalue weighted by Gasteiger charge is 2.13. The molecule has 0 saturated heterocycles. The Bertz CT molecular complexity index is 703. The highest BCUT2D eigenvalue weighted by Crippen LogP contribution is 2.21. The van der Waals surface area contributed by atoms with Gasteiger partial charge in [-0.2, -0.15) is 0 Å². The predicted molar refractivity (Wildman–Crippen MR) is 91.7 cm³/mol. The molecule has 0 heterocycles. The van der Waals surface area contributed by atoms with Crippen LogP contribution in [0.25, 0.3) is 0 Å². The van der Waals surface area contributed by atoms with Crippen molar-refractivity contribution in [3.8, 4) is 5.75 Å². The SMILES string of the molecule is O=C(COc1ccc(I)cc1)Nc1cc(Cl)ccc1C(=O)O. The Morgan fingerprint density at radius 1 is 1.18 bits per heavy atom. The Kier molecular flexibility index (Phi) is 5.62. The van der Waals surface area contributed by atoms with E-state index in [-0.39, 0.29) is 17.9 Å². The zero-order valence-corrected chi connectivity index (χ0v) is 14.1. The topological polar surface area (TPSA) is 75.6 Å². The molecular formula is C15H11ClINO4. The lowest BCUT2D eigenvalue weighted by molar-refractivity contribution is -0.118. The Morgan fingerprint density at radius 2 is 1.86 bits per heavy atom. The van der Waals surface area contributed by atoms with Gasteiger partial charge >= 0.3 is 5.97 Å². The molecule has 2 rings (SSSR count). The summed E-state index contributed by atoms with van der Waals surface area (Å²) in [5.41, 5.74) is 0.100. The first kappa shape index (κ1) is 16.6. The molecule has 0 aromatic heterocycles. The maximum Gasteiger partial charge on any atom is 0.337 e. The van der Waals surface area contributed by atoms with Crippen LogP contribution in [0.4, 0.5) is 5.69 Å². The summed E-state index contributed by atoms with van der Waals surface area (Å²) in [6.07, 6.45) is 0. The number of carbonyl (C=O) groups is 2. The van der Waals surface area contributed by atoms with Crippen molar-refractivity contribution in [2.45, 2.75) is 0 Å². The van der Waals surface area contributed by atoms with E-state index < -0.39 is 11.9 Å². The first-order chi connectivity index (χ1) is 10.5. The van der Waals surface area contributed by atoms with Crippen LogP contribution in [0, 0.1) is 3.57 Å². The van der Waals surface area contributed by atoms with Crippen LogP contribution >= 0.6 is 34.2 Å². The monoisotopic (exact) mass is 431 g/mol. The van der Waals surface area contributed by atoms with Crippen LogP contribution in [0.3, 0.4) is 0 Å². The molecule has 0 unspecified atom stereocenters. The predicted octanol–water partition coefficient (Wildman–Crippen LogP) is 3.66. The number of hydrogen-bond acceptors (Lipinski definition) is 3. The summed E-state index contributed by atoms with van der Waals surface area (Å²) in [7, 11) is 0. The normalized spacial score (nSPS) is 10.1. The molecule has 0 aliphatic heterocycles. The van der Waals surface area contributed by atoms with E-state index in [9.17, 15) is 9.59 Å².